The maximum Gasteiger partial charge on any atom is 0.257 e. The molecule has 0 bridgehead atoms. The number of thioether (sulfide) groups is 1. The summed E-state index contributed by atoms with van der Waals surface area (Å²) in [6.07, 6.45) is 0.760. The second kappa shape index (κ2) is 6.97. The molecular formula is C18H22FN3OS. The van der Waals surface area contributed by atoms with Gasteiger partial charge in [0.15, 0.2) is 0 Å². The van der Waals surface area contributed by atoms with Crippen LogP contribution in [0.4, 0.5) is 4.39 Å². The fraction of sp³-hybridized carbons (Fsp3) is 0.444. The third-order valence-corrected chi connectivity index (χ3v) is 5.91. The summed E-state index contributed by atoms with van der Waals surface area (Å²) < 4.78 is 15.8. The predicted molar refractivity (Wildman–Crippen MR) is 94.8 cm³/mol. The van der Waals surface area contributed by atoms with Crippen molar-refractivity contribution in [3.8, 4) is 0 Å². The van der Waals surface area contributed by atoms with E-state index < -0.39 is 0 Å². The molecule has 0 aliphatic carbocycles. The Morgan fingerprint density at radius 3 is 2.71 bits per heavy atom. The van der Waals surface area contributed by atoms with Crippen molar-refractivity contribution in [2.45, 2.75) is 25.5 Å². The van der Waals surface area contributed by atoms with Crippen molar-refractivity contribution in [2.24, 2.45) is 7.05 Å². The topological polar surface area (TPSA) is 38.1 Å². The maximum absolute atomic E-state index is 14.0. The van der Waals surface area contributed by atoms with Crippen LogP contribution in [0.2, 0.25) is 0 Å². The molecule has 4 nitrogen and oxygen atoms in total. The average molecular weight is 347 g/mol. The van der Waals surface area contributed by atoms with Gasteiger partial charge in [0.1, 0.15) is 5.82 Å². The Kier molecular flexibility index (Phi) is 4.94. The Morgan fingerprint density at radius 2 is 2.04 bits per heavy atom. The van der Waals surface area contributed by atoms with Crippen LogP contribution in [0.15, 0.2) is 24.3 Å². The van der Waals surface area contributed by atoms with E-state index in [1.165, 1.54) is 6.07 Å². The van der Waals surface area contributed by atoms with E-state index in [-0.39, 0.29) is 17.0 Å². The lowest BCUT2D eigenvalue weighted by Crippen LogP contribution is -2.33. The molecule has 24 heavy (non-hydrogen) atoms. The molecular weight excluding hydrogens is 325 g/mol. The third-order valence-electron chi connectivity index (χ3n) is 4.60. The molecule has 1 fully saturated rings. The van der Waals surface area contributed by atoms with Gasteiger partial charge in [0.2, 0.25) is 0 Å². The van der Waals surface area contributed by atoms with Gasteiger partial charge in [-0.3, -0.25) is 9.48 Å². The number of carbonyl (C=O) groups is 1. The lowest BCUT2D eigenvalue weighted by Gasteiger charge is -2.20. The van der Waals surface area contributed by atoms with Gasteiger partial charge in [-0.25, -0.2) is 4.39 Å². The quantitative estimate of drug-likeness (QED) is 0.834. The van der Waals surface area contributed by atoms with E-state index in [4.69, 9.17) is 0 Å². The number of rotatable bonds is 2. The summed E-state index contributed by atoms with van der Waals surface area (Å²) in [5, 5.41) is 4.44. The van der Waals surface area contributed by atoms with Gasteiger partial charge in [0.05, 0.1) is 11.3 Å². The van der Waals surface area contributed by atoms with Crippen LogP contribution in [0, 0.1) is 19.7 Å². The van der Waals surface area contributed by atoms with Crippen LogP contribution in [0.5, 0.6) is 0 Å². The Labute approximate surface area is 146 Å². The zero-order valence-corrected chi connectivity index (χ0v) is 15.1. The van der Waals surface area contributed by atoms with Crippen molar-refractivity contribution >= 4 is 17.7 Å². The molecule has 1 aliphatic rings. The standard InChI is InChI=1S/C18H22FN3OS/c1-12-17(13(2)21(3)20-12)18(23)22-9-8-16(24-11-10-22)14-6-4-5-7-15(14)19/h4-7,16H,8-11H2,1-3H3/t16-/m0/s1. The number of hydrogen-bond acceptors (Lipinski definition) is 3. The molecule has 2 aromatic rings. The van der Waals surface area contributed by atoms with Crippen molar-refractivity contribution < 1.29 is 9.18 Å². The molecule has 0 radical (unpaired) electrons. The number of benzene rings is 1. The van der Waals surface area contributed by atoms with Crippen molar-refractivity contribution in [3.05, 3.63) is 52.6 Å². The first-order valence-corrected chi connectivity index (χ1v) is 9.19. The smallest absolute Gasteiger partial charge is 0.257 e. The number of hydrogen-bond donors (Lipinski definition) is 0. The van der Waals surface area contributed by atoms with E-state index >= 15 is 0 Å². The Morgan fingerprint density at radius 1 is 1.29 bits per heavy atom. The van der Waals surface area contributed by atoms with Crippen LogP contribution >= 0.6 is 11.8 Å². The summed E-state index contributed by atoms with van der Waals surface area (Å²) in [7, 11) is 1.85. The zero-order valence-electron chi connectivity index (χ0n) is 14.3. The molecule has 2 heterocycles. The van der Waals surface area contributed by atoms with Gasteiger partial charge in [-0.05, 0) is 26.3 Å². The molecule has 128 valence electrons. The van der Waals surface area contributed by atoms with Crippen LogP contribution in [0.3, 0.4) is 0 Å². The molecule has 1 amide bonds. The fourth-order valence-corrected chi connectivity index (χ4v) is 4.45. The van der Waals surface area contributed by atoms with E-state index in [0.717, 1.165) is 29.1 Å². The van der Waals surface area contributed by atoms with Crippen LogP contribution in [-0.4, -0.2) is 39.4 Å². The lowest BCUT2D eigenvalue weighted by molar-refractivity contribution is 0.0765. The normalized spacial score (nSPS) is 18.5. The highest BCUT2D eigenvalue weighted by Crippen LogP contribution is 2.36. The number of aryl methyl sites for hydroxylation is 2. The summed E-state index contributed by atoms with van der Waals surface area (Å²) in [4.78, 5) is 14.8. The summed E-state index contributed by atoms with van der Waals surface area (Å²) in [5.74, 6) is 0.685. The molecule has 1 aromatic carbocycles. The summed E-state index contributed by atoms with van der Waals surface area (Å²) in [6, 6.07) is 6.94. The molecule has 0 unspecified atom stereocenters. The highest BCUT2D eigenvalue weighted by Gasteiger charge is 2.27. The van der Waals surface area contributed by atoms with Crippen molar-refractivity contribution in [3.63, 3.8) is 0 Å². The van der Waals surface area contributed by atoms with Crippen molar-refractivity contribution in [2.75, 3.05) is 18.8 Å². The largest absolute Gasteiger partial charge is 0.338 e. The molecule has 1 saturated heterocycles. The monoisotopic (exact) mass is 347 g/mol. The second-order valence-electron chi connectivity index (χ2n) is 6.13. The summed E-state index contributed by atoms with van der Waals surface area (Å²) in [5.41, 5.74) is 3.10. The number of nitrogens with zero attached hydrogens (tertiary/aromatic N) is 3. The summed E-state index contributed by atoms with van der Waals surface area (Å²) in [6.45, 7) is 5.11. The predicted octanol–water partition coefficient (Wildman–Crippen LogP) is 3.50. The molecule has 1 aromatic heterocycles. The fourth-order valence-electron chi connectivity index (χ4n) is 3.20. The van der Waals surface area contributed by atoms with Crippen LogP contribution < -0.4 is 0 Å². The Bertz CT molecular complexity index is 759. The number of amides is 1. The van der Waals surface area contributed by atoms with E-state index in [0.29, 0.717) is 18.7 Å². The lowest BCUT2D eigenvalue weighted by atomic mass is 10.1. The number of halogens is 1. The molecule has 6 heteroatoms. The second-order valence-corrected chi connectivity index (χ2v) is 7.44. The van der Waals surface area contributed by atoms with Crippen LogP contribution in [0.1, 0.15) is 39.0 Å². The molecule has 1 atom stereocenters. The van der Waals surface area contributed by atoms with Gasteiger partial charge in [-0.15, -0.1) is 0 Å². The molecule has 1 aliphatic heterocycles. The molecule has 0 saturated carbocycles. The van der Waals surface area contributed by atoms with Crippen LogP contribution in [0.25, 0.3) is 0 Å². The molecule has 0 spiro atoms. The third kappa shape index (κ3) is 3.20. The van der Waals surface area contributed by atoms with Gasteiger partial charge in [0, 0.05) is 42.4 Å². The van der Waals surface area contributed by atoms with Gasteiger partial charge < -0.3 is 4.90 Å². The minimum absolute atomic E-state index is 0.0351. The minimum Gasteiger partial charge on any atom is -0.338 e. The first-order chi connectivity index (χ1) is 11.5. The first-order valence-electron chi connectivity index (χ1n) is 8.14. The molecule has 0 N–H and O–H groups in total. The zero-order chi connectivity index (χ0) is 17.3. The number of aromatic nitrogens is 2. The van der Waals surface area contributed by atoms with Crippen molar-refractivity contribution in [1.82, 2.24) is 14.7 Å². The Hall–Kier alpha value is -1.82. The highest BCUT2D eigenvalue weighted by atomic mass is 32.2. The van der Waals surface area contributed by atoms with Crippen molar-refractivity contribution in [1.29, 1.82) is 0 Å². The summed E-state index contributed by atoms with van der Waals surface area (Å²) >= 11 is 1.73. The minimum atomic E-state index is -0.159. The van der Waals surface area contributed by atoms with E-state index in [1.54, 1.807) is 22.5 Å². The van der Waals surface area contributed by atoms with Gasteiger partial charge >= 0.3 is 0 Å². The molecule has 3 rings (SSSR count). The van der Waals surface area contributed by atoms with E-state index in [9.17, 15) is 9.18 Å². The average Bonchev–Trinajstić information content (AvgIpc) is 2.73. The van der Waals surface area contributed by atoms with Gasteiger partial charge in [-0.1, -0.05) is 18.2 Å². The first kappa shape index (κ1) is 17.0. The van der Waals surface area contributed by atoms with Gasteiger partial charge in [0.25, 0.3) is 5.91 Å². The van der Waals surface area contributed by atoms with Crippen LogP contribution in [-0.2, 0) is 7.05 Å². The Balaban J connectivity index is 1.76. The maximum atomic E-state index is 14.0. The van der Waals surface area contributed by atoms with E-state index in [1.807, 2.05) is 37.9 Å². The SMILES string of the molecule is Cc1nn(C)c(C)c1C(=O)N1CCS[C@H](c2ccccc2F)CC1. The van der Waals surface area contributed by atoms with E-state index in [2.05, 4.69) is 5.10 Å². The van der Waals surface area contributed by atoms with Gasteiger partial charge in [-0.2, -0.15) is 16.9 Å². The highest BCUT2D eigenvalue weighted by molar-refractivity contribution is 7.99. The number of carbonyl (C=O) groups excluding carboxylic acids is 1.